The van der Waals surface area contributed by atoms with Crippen molar-refractivity contribution in [2.75, 3.05) is 22.9 Å². The van der Waals surface area contributed by atoms with E-state index in [2.05, 4.69) is 183 Å². The molecule has 2 aliphatic heterocycles. The normalized spacial score (nSPS) is 14.3. The summed E-state index contributed by atoms with van der Waals surface area (Å²) >= 11 is 0. The quantitative estimate of drug-likeness (QED) is 0.125. The molecule has 9 rings (SSSR count). The smallest absolute Gasteiger partial charge is 0.0775 e. The van der Waals surface area contributed by atoms with Crippen LogP contribution in [0.2, 0.25) is 39.3 Å². The van der Waals surface area contributed by atoms with Crippen LogP contribution in [0.4, 0.5) is 22.7 Å². The van der Waals surface area contributed by atoms with Gasteiger partial charge in [0, 0.05) is 35.8 Å². The van der Waals surface area contributed by atoms with Gasteiger partial charge >= 0.3 is 0 Å². The van der Waals surface area contributed by atoms with E-state index in [1.54, 1.807) is 0 Å². The topological polar surface area (TPSA) is 6.48 Å². The Labute approximate surface area is 311 Å². The Kier molecular flexibility index (Phi) is 7.83. The number of rotatable bonds is 6. The van der Waals surface area contributed by atoms with E-state index in [9.17, 15) is 0 Å². The molecule has 0 N–H and O–H groups in total. The molecular formula is C48H48N2Si2. The molecule has 4 heteroatoms. The predicted molar refractivity (Wildman–Crippen MR) is 233 cm³/mol. The van der Waals surface area contributed by atoms with Crippen LogP contribution in [0.15, 0.2) is 133 Å². The zero-order valence-electron chi connectivity index (χ0n) is 31.4. The lowest BCUT2D eigenvalue weighted by Gasteiger charge is -2.25. The van der Waals surface area contributed by atoms with Gasteiger partial charge < -0.3 is 9.80 Å². The second-order valence-electron chi connectivity index (χ2n) is 16.9. The number of nitrogens with zero attached hydrogens (tertiary/aromatic N) is 2. The highest BCUT2D eigenvalue weighted by atomic mass is 28.3. The van der Waals surface area contributed by atoms with Crippen LogP contribution >= 0.6 is 0 Å². The van der Waals surface area contributed by atoms with E-state index < -0.39 is 16.1 Å². The number of benzene rings is 7. The maximum atomic E-state index is 2.52. The van der Waals surface area contributed by atoms with Gasteiger partial charge in [0.05, 0.1) is 16.1 Å². The lowest BCUT2D eigenvalue weighted by Crippen LogP contribution is -2.37. The van der Waals surface area contributed by atoms with Crippen molar-refractivity contribution in [2.45, 2.75) is 52.1 Å². The van der Waals surface area contributed by atoms with Crippen LogP contribution in [-0.2, 0) is 12.8 Å². The van der Waals surface area contributed by atoms with Gasteiger partial charge in [0.15, 0.2) is 0 Å². The molecule has 0 bridgehead atoms. The number of fused-ring (bicyclic) bond motifs is 4. The molecule has 0 aliphatic carbocycles. The number of anilines is 4. The molecular weight excluding hydrogens is 661 g/mol. The zero-order chi connectivity index (χ0) is 35.8. The van der Waals surface area contributed by atoms with E-state index in [1.165, 1.54) is 88.0 Å². The third-order valence-electron chi connectivity index (χ3n) is 11.6. The van der Waals surface area contributed by atoms with E-state index in [0.717, 1.165) is 25.9 Å². The first-order chi connectivity index (χ1) is 25.0. The van der Waals surface area contributed by atoms with Crippen molar-refractivity contribution >= 4 is 70.8 Å². The summed E-state index contributed by atoms with van der Waals surface area (Å²) < 4.78 is 0. The molecule has 2 aliphatic rings. The van der Waals surface area contributed by atoms with Gasteiger partial charge in [-0.1, -0.05) is 147 Å². The summed E-state index contributed by atoms with van der Waals surface area (Å²) in [5, 5.41) is 8.25. The Morgan fingerprint density at radius 2 is 0.788 bits per heavy atom. The van der Waals surface area contributed by atoms with E-state index >= 15 is 0 Å². The van der Waals surface area contributed by atoms with Crippen molar-refractivity contribution in [3.8, 4) is 22.3 Å². The molecule has 2 heterocycles. The number of para-hydroxylation sites is 2. The molecule has 0 fully saturated rings. The van der Waals surface area contributed by atoms with Gasteiger partial charge in [-0.15, -0.1) is 0 Å². The largest absolute Gasteiger partial charge is 0.341 e. The van der Waals surface area contributed by atoms with Crippen LogP contribution in [0.3, 0.4) is 0 Å². The maximum absolute atomic E-state index is 2.52. The zero-order valence-corrected chi connectivity index (χ0v) is 33.4. The van der Waals surface area contributed by atoms with Gasteiger partial charge in [-0.3, -0.25) is 0 Å². The summed E-state index contributed by atoms with van der Waals surface area (Å²) in [5.74, 6) is 0. The third-order valence-corrected chi connectivity index (χ3v) is 15.7. The SMILES string of the molecule is C[Si](C)(C)c1ccc(-c2c3ccc(N4CCc5ccccc54)cc3c(-c3ccc([Si](C)(C)C)cc3)c3ccc(N4CCc5ccccc54)cc23)cc1. The van der Waals surface area contributed by atoms with Gasteiger partial charge in [-0.2, -0.15) is 0 Å². The van der Waals surface area contributed by atoms with Crippen molar-refractivity contribution in [3.05, 3.63) is 145 Å². The highest BCUT2D eigenvalue weighted by molar-refractivity contribution is 6.89. The molecule has 0 saturated heterocycles. The Morgan fingerprint density at radius 1 is 0.404 bits per heavy atom. The molecule has 0 saturated carbocycles. The Morgan fingerprint density at radius 3 is 1.17 bits per heavy atom. The number of hydrogen-bond donors (Lipinski definition) is 0. The van der Waals surface area contributed by atoms with Crippen LogP contribution < -0.4 is 20.2 Å². The lowest BCUT2D eigenvalue weighted by molar-refractivity contribution is 0.999. The van der Waals surface area contributed by atoms with Gasteiger partial charge in [-0.05, 0) is 104 Å². The second kappa shape index (κ2) is 12.4. The molecule has 0 amide bonds. The van der Waals surface area contributed by atoms with Crippen molar-refractivity contribution in [3.63, 3.8) is 0 Å². The molecule has 52 heavy (non-hydrogen) atoms. The summed E-state index contributed by atoms with van der Waals surface area (Å²) in [5.41, 5.74) is 13.3. The summed E-state index contributed by atoms with van der Waals surface area (Å²) in [6.45, 7) is 16.6. The first-order valence-corrected chi connectivity index (χ1v) is 26.0. The monoisotopic (exact) mass is 708 g/mol. The van der Waals surface area contributed by atoms with Gasteiger partial charge in [0.1, 0.15) is 0 Å². The van der Waals surface area contributed by atoms with Crippen LogP contribution in [0.5, 0.6) is 0 Å². The average molecular weight is 709 g/mol. The fourth-order valence-corrected chi connectivity index (χ4v) is 11.0. The molecule has 0 aromatic heterocycles. The Hall–Kier alpha value is -4.91. The first kappa shape index (κ1) is 33.0. The van der Waals surface area contributed by atoms with Crippen LogP contribution in [0.1, 0.15) is 11.1 Å². The predicted octanol–water partition coefficient (Wildman–Crippen LogP) is 11.8. The Balaban J connectivity index is 1.34. The van der Waals surface area contributed by atoms with Crippen LogP contribution in [-0.4, -0.2) is 29.2 Å². The van der Waals surface area contributed by atoms with Crippen molar-refractivity contribution < 1.29 is 0 Å². The minimum atomic E-state index is -1.46. The molecule has 2 nitrogen and oxygen atoms in total. The minimum Gasteiger partial charge on any atom is -0.341 e. The van der Waals surface area contributed by atoms with Crippen LogP contribution in [0.25, 0.3) is 43.8 Å². The van der Waals surface area contributed by atoms with E-state index in [4.69, 9.17) is 0 Å². The van der Waals surface area contributed by atoms with Gasteiger partial charge in [-0.25, -0.2) is 0 Å². The highest BCUT2D eigenvalue weighted by Crippen LogP contribution is 2.47. The highest BCUT2D eigenvalue weighted by Gasteiger charge is 2.26. The molecule has 0 spiro atoms. The lowest BCUT2D eigenvalue weighted by atomic mass is 9.85. The molecule has 0 unspecified atom stereocenters. The Bertz CT molecular complexity index is 2310. The fourth-order valence-electron chi connectivity index (χ4n) is 8.65. The molecule has 0 radical (unpaired) electrons. The average Bonchev–Trinajstić information content (AvgIpc) is 3.78. The van der Waals surface area contributed by atoms with Crippen molar-refractivity contribution in [1.82, 2.24) is 0 Å². The molecule has 258 valence electrons. The standard InChI is InChI=1S/C48H48N2Si2/c1-51(2,3)39-21-15-35(16-22-39)47-41-25-19-38(50-30-28-34-12-8-10-14-46(34)50)32-44(41)48(36-17-23-40(24-18-36)52(4,5)6)42-26-20-37(31-43(42)47)49-29-27-33-11-7-9-13-45(33)49/h7-26,31-32H,27-30H2,1-6H3. The molecule has 7 aromatic rings. The van der Waals surface area contributed by atoms with Crippen molar-refractivity contribution in [2.24, 2.45) is 0 Å². The van der Waals surface area contributed by atoms with Crippen LogP contribution in [0, 0.1) is 0 Å². The summed E-state index contributed by atoms with van der Waals surface area (Å²) in [6, 6.07) is 51.6. The third kappa shape index (κ3) is 5.60. The first-order valence-electron chi connectivity index (χ1n) is 19.0. The molecule has 7 aromatic carbocycles. The fraction of sp³-hybridized carbons (Fsp3) is 0.208. The van der Waals surface area contributed by atoms with Gasteiger partial charge in [0.2, 0.25) is 0 Å². The van der Waals surface area contributed by atoms with Gasteiger partial charge in [0.25, 0.3) is 0 Å². The van der Waals surface area contributed by atoms with E-state index in [0.29, 0.717) is 0 Å². The van der Waals surface area contributed by atoms with E-state index in [-0.39, 0.29) is 0 Å². The van der Waals surface area contributed by atoms with E-state index in [1.807, 2.05) is 0 Å². The summed E-state index contributed by atoms with van der Waals surface area (Å²) in [7, 11) is -2.91. The second-order valence-corrected chi connectivity index (χ2v) is 27.1. The minimum absolute atomic E-state index is 1.00. The van der Waals surface area contributed by atoms with Crippen molar-refractivity contribution in [1.29, 1.82) is 0 Å². The summed E-state index contributed by atoms with van der Waals surface area (Å²) in [4.78, 5) is 5.04. The number of hydrogen-bond acceptors (Lipinski definition) is 2. The maximum Gasteiger partial charge on any atom is 0.0775 e. The molecule has 0 atom stereocenters. The summed E-state index contributed by atoms with van der Waals surface area (Å²) in [6.07, 6.45) is 2.15.